The molecule has 0 unspecified atom stereocenters. The summed E-state index contributed by atoms with van der Waals surface area (Å²) in [4.78, 5) is 20.4. The van der Waals surface area contributed by atoms with Crippen LogP contribution < -0.4 is 4.90 Å². The molecule has 1 aliphatic heterocycles. The van der Waals surface area contributed by atoms with Crippen LogP contribution in [0, 0.1) is 11.8 Å². The van der Waals surface area contributed by atoms with Crippen molar-refractivity contribution >= 4 is 45.6 Å². The first-order valence-corrected chi connectivity index (χ1v) is 8.67. The Labute approximate surface area is 148 Å². The van der Waals surface area contributed by atoms with E-state index in [2.05, 4.69) is 21.7 Å². The molecule has 2 aromatic rings. The quantitative estimate of drug-likeness (QED) is 0.728. The predicted octanol–water partition coefficient (Wildman–Crippen LogP) is 3.15. The molecule has 23 heavy (non-hydrogen) atoms. The fourth-order valence-corrected chi connectivity index (χ4v) is 3.53. The molecule has 0 aliphatic carbocycles. The third-order valence-electron chi connectivity index (χ3n) is 3.43. The lowest BCUT2D eigenvalue weighted by molar-refractivity contribution is -0.125. The number of halogens is 2. The van der Waals surface area contributed by atoms with Gasteiger partial charge in [0, 0.05) is 59.3 Å². The van der Waals surface area contributed by atoms with E-state index in [4.69, 9.17) is 23.2 Å². The van der Waals surface area contributed by atoms with E-state index in [1.165, 1.54) is 0 Å². The fourth-order valence-electron chi connectivity index (χ4n) is 2.30. The average molecular weight is 366 g/mol. The summed E-state index contributed by atoms with van der Waals surface area (Å²) in [5.41, 5.74) is 0.636. The molecule has 0 N–H and O–H groups in total. The maximum atomic E-state index is 12.2. The Morgan fingerprint density at radius 1 is 1.13 bits per heavy atom. The van der Waals surface area contributed by atoms with Gasteiger partial charge in [-0.1, -0.05) is 29.1 Å². The molecule has 0 saturated carbocycles. The normalized spacial score (nSPS) is 14.3. The molecule has 118 valence electrons. The molecule has 0 spiro atoms. The van der Waals surface area contributed by atoms with Gasteiger partial charge in [-0.2, -0.15) is 0 Å². The Bertz CT molecular complexity index is 739. The van der Waals surface area contributed by atoms with Crippen LogP contribution in [0.3, 0.4) is 0 Å². The number of nitrogens with zero attached hydrogens (tertiary/aromatic N) is 3. The highest BCUT2D eigenvalue weighted by Crippen LogP contribution is 2.19. The van der Waals surface area contributed by atoms with Crippen molar-refractivity contribution in [1.82, 2.24) is 9.88 Å². The van der Waals surface area contributed by atoms with Gasteiger partial charge in [0.2, 0.25) is 0 Å². The van der Waals surface area contributed by atoms with Crippen LogP contribution in [0.1, 0.15) is 5.56 Å². The summed E-state index contributed by atoms with van der Waals surface area (Å²) in [5, 5.41) is 3.96. The molecule has 4 nitrogen and oxygen atoms in total. The van der Waals surface area contributed by atoms with Crippen LogP contribution in [-0.2, 0) is 4.79 Å². The highest BCUT2D eigenvalue weighted by Gasteiger charge is 2.21. The number of carbonyl (C=O) groups is 1. The first kappa shape index (κ1) is 16.1. The Morgan fingerprint density at radius 2 is 1.83 bits per heavy atom. The van der Waals surface area contributed by atoms with Crippen molar-refractivity contribution in [3.05, 3.63) is 45.4 Å². The van der Waals surface area contributed by atoms with Gasteiger partial charge in [0.05, 0.1) is 0 Å². The lowest BCUT2D eigenvalue weighted by Gasteiger charge is -2.33. The molecule has 2 heterocycles. The van der Waals surface area contributed by atoms with Crippen molar-refractivity contribution in [2.75, 3.05) is 31.1 Å². The Morgan fingerprint density at radius 3 is 2.43 bits per heavy atom. The lowest BCUT2D eigenvalue weighted by Crippen LogP contribution is -2.48. The lowest BCUT2D eigenvalue weighted by atomic mass is 10.2. The zero-order valence-electron chi connectivity index (χ0n) is 12.1. The average Bonchev–Trinajstić information content (AvgIpc) is 3.06. The molecular formula is C16H13Cl2N3OS. The maximum absolute atomic E-state index is 12.2. The number of thiazole rings is 1. The van der Waals surface area contributed by atoms with E-state index in [0.717, 1.165) is 18.2 Å². The van der Waals surface area contributed by atoms with E-state index < -0.39 is 0 Å². The summed E-state index contributed by atoms with van der Waals surface area (Å²) in [7, 11) is 0. The minimum Gasteiger partial charge on any atom is -0.345 e. The molecule has 7 heteroatoms. The summed E-state index contributed by atoms with van der Waals surface area (Å²) >= 11 is 13.4. The van der Waals surface area contributed by atoms with Crippen LogP contribution in [0.2, 0.25) is 10.0 Å². The zero-order chi connectivity index (χ0) is 16.2. The van der Waals surface area contributed by atoms with Gasteiger partial charge in [0.25, 0.3) is 5.91 Å². The van der Waals surface area contributed by atoms with Gasteiger partial charge in [0.15, 0.2) is 5.13 Å². The molecule has 1 amide bonds. The number of hydrogen-bond donors (Lipinski definition) is 0. The molecule has 3 rings (SSSR count). The molecule has 0 atom stereocenters. The summed E-state index contributed by atoms with van der Waals surface area (Å²) in [6.45, 7) is 2.82. The van der Waals surface area contributed by atoms with Crippen molar-refractivity contribution in [1.29, 1.82) is 0 Å². The van der Waals surface area contributed by atoms with E-state index in [-0.39, 0.29) is 5.91 Å². The molecule has 1 saturated heterocycles. The molecule has 1 aromatic carbocycles. The van der Waals surface area contributed by atoms with E-state index in [1.54, 1.807) is 40.6 Å². The first-order chi connectivity index (χ1) is 11.1. The van der Waals surface area contributed by atoms with Crippen LogP contribution in [0.15, 0.2) is 29.8 Å². The highest BCUT2D eigenvalue weighted by atomic mass is 35.5. The largest absolute Gasteiger partial charge is 0.345 e. The number of carbonyl (C=O) groups excluding carboxylic acids is 1. The van der Waals surface area contributed by atoms with Crippen molar-refractivity contribution in [3.8, 4) is 11.8 Å². The third-order valence-corrected chi connectivity index (χ3v) is 4.70. The molecule has 1 aliphatic rings. The standard InChI is InChI=1S/C16H13Cl2N3OS/c17-13-9-12(10-14(18)11-13)1-2-15(22)20-4-6-21(7-5-20)16-19-3-8-23-16/h3,8-11H,4-7H2. The van der Waals surface area contributed by atoms with Crippen molar-refractivity contribution < 1.29 is 4.79 Å². The number of piperazine rings is 1. The predicted molar refractivity (Wildman–Crippen MR) is 94.2 cm³/mol. The maximum Gasteiger partial charge on any atom is 0.298 e. The fraction of sp³-hybridized carbons (Fsp3) is 0.250. The van der Waals surface area contributed by atoms with E-state index in [9.17, 15) is 4.79 Å². The monoisotopic (exact) mass is 365 g/mol. The van der Waals surface area contributed by atoms with Gasteiger partial charge >= 0.3 is 0 Å². The van der Waals surface area contributed by atoms with Crippen LogP contribution in [0.5, 0.6) is 0 Å². The van der Waals surface area contributed by atoms with Gasteiger partial charge in [-0.25, -0.2) is 4.98 Å². The molecule has 0 radical (unpaired) electrons. The second-order valence-corrected chi connectivity index (χ2v) is 6.75. The molecule has 1 fully saturated rings. The van der Waals surface area contributed by atoms with Gasteiger partial charge in [-0.15, -0.1) is 11.3 Å². The number of amides is 1. The topological polar surface area (TPSA) is 36.4 Å². The summed E-state index contributed by atoms with van der Waals surface area (Å²) in [6.07, 6.45) is 1.79. The van der Waals surface area contributed by atoms with Gasteiger partial charge in [-0.05, 0) is 18.2 Å². The highest BCUT2D eigenvalue weighted by molar-refractivity contribution is 7.13. The first-order valence-electron chi connectivity index (χ1n) is 7.03. The molecule has 0 bridgehead atoms. The number of anilines is 1. The summed E-state index contributed by atoms with van der Waals surface area (Å²) < 4.78 is 0. The number of rotatable bonds is 1. The summed E-state index contributed by atoms with van der Waals surface area (Å²) in [6, 6.07) is 5.01. The molecule has 1 aromatic heterocycles. The third kappa shape index (κ3) is 4.17. The van der Waals surface area contributed by atoms with Gasteiger partial charge in [0.1, 0.15) is 0 Å². The van der Waals surface area contributed by atoms with Crippen molar-refractivity contribution in [2.45, 2.75) is 0 Å². The summed E-state index contributed by atoms with van der Waals surface area (Å²) in [5.74, 6) is 5.31. The van der Waals surface area contributed by atoms with E-state index >= 15 is 0 Å². The van der Waals surface area contributed by atoms with Crippen LogP contribution in [0.25, 0.3) is 0 Å². The second kappa shape index (κ2) is 7.22. The Balaban J connectivity index is 1.61. The second-order valence-electron chi connectivity index (χ2n) is 5.00. The minimum absolute atomic E-state index is 0.181. The Kier molecular flexibility index (Phi) is 5.06. The van der Waals surface area contributed by atoms with Crippen molar-refractivity contribution in [2.24, 2.45) is 0 Å². The van der Waals surface area contributed by atoms with Crippen LogP contribution in [0.4, 0.5) is 5.13 Å². The number of hydrogen-bond acceptors (Lipinski definition) is 4. The van der Waals surface area contributed by atoms with E-state index in [1.807, 2.05) is 5.38 Å². The van der Waals surface area contributed by atoms with Gasteiger partial charge < -0.3 is 9.80 Å². The SMILES string of the molecule is O=C(C#Cc1cc(Cl)cc(Cl)c1)N1CCN(c2nccs2)CC1. The van der Waals surface area contributed by atoms with Gasteiger partial charge in [-0.3, -0.25) is 4.79 Å². The van der Waals surface area contributed by atoms with Crippen LogP contribution >= 0.6 is 34.5 Å². The minimum atomic E-state index is -0.181. The molecular weight excluding hydrogens is 353 g/mol. The Hall–Kier alpha value is -1.74. The zero-order valence-corrected chi connectivity index (χ0v) is 14.5. The van der Waals surface area contributed by atoms with Crippen molar-refractivity contribution in [3.63, 3.8) is 0 Å². The van der Waals surface area contributed by atoms with Crippen LogP contribution in [-0.4, -0.2) is 42.0 Å². The number of aromatic nitrogens is 1. The smallest absolute Gasteiger partial charge is 0.298 e. The van der Waals surface area contributed by atoms with E-state index in [0.29, 0.717) is 28.7 Å². The number of benzene rings is 1.